The number of terminal acetylenes is 1. The molecule has 0 unspecified atom stereocenters. The molecule has 3 N–H and O–H groups in total. The maximum Gasteiger partial charge on any atom is 0.261 e. The minimum Gasteiger partial charge on any atom is -0.326 e. The summed E-state index contributed by atoms with van der Waals surface area (Å²) in [5.74, 6) is 2.31. The molecule has 0 radical (unpaired) electrons. The van der Waals surface area contributed by atoms with Crippen molar-refractivity contribution in [2.75, 3.05) is 13.1 Å². The second-order valence-electron chi connectivity index (χ2n) is 3.06. The average molecular weight is 242 g/mol. The number of H-pyrrole nitrogens is 1. The molecule has 16 heavy (non-hydrogen) atoms. The molecule has 0 fully saturated rings. The molecule has 7 heteroatoms. The minimum atomic E-state index is -3.62. The van der Waals surface area contributed by atoms with Crippen LogP contribution in [0.2, 0.25) is 0 Å². The van der Waals surface area contributed by atoms with Gasteiger partial charge >= 0.3 is 0 Å². The molecule has 1 heterocycles. The fourth-order valence-electron chi connectivity index (χ4n) is 1.27. The lowest BCUT2D eigenvalue weighted by molar-refractivity contribution is 0.460. The fraction of sp³-hybridized carbons (Fsp3) is 0.444. The summed E-state index contributed by atoms with van der Waals surface area (Å²) in [5, 5.41) is 6.14. The van der Waals surface area contributed by atoms with E-state index in [1.165, 1.54) is 10.5 Å². The molecule has 0 aromatic carbocycles. The summed E-state index contributed by atoms with van der Waals surface area (Å²) in [6.07, 6.45) is 6.52. The molecule has 0 aliphatic carbocycles. The zero-order valence-electron chi connectivity index (χ0n) is 8.97. The van der Waals surface area contributed by atoms with E-state index in [1.807, 2.05) is 0 Å². The quantitative estimate of drug-likeness (QED) is 0.682. The van der Waals surface area contributed by atoms with Gasteiger partial charge in [0.1, 0.15) is 0 Å². The number of aromatic nitrogens is 2. The molecule has 0 saturated heterocycles. The highest BCUT2D eigenvalue weighted by molar-refractivity contribution is 7.89. The van der Waals surface area contributed by atoms with Crippen molar-refractivity contribution >= 4 is 10.0 Å². The van der Waals surface area contributed by atoms with Crippen molar-refractivity contribution < 1.29 is 8.42 Å². The van der Waals surface area contributed by atoms with Gasteiger partial charge in [-0.15, -0.1) is 6.42 Å². The van der Waals surface area contributed by atoms with Gasteiger partial charge in [-0.3, -0.25) is 5.10 Å². The maximum absolute atomic E-state index is 12.1. The highest BCUT2D eigenvalue weighted by Crippen LogP contribution is 2.16. The second-order valence-corrected chi connectivity index (χ2v) is 4.94. The first kappa shape index (κ1) is 12.7. The van der Waals surface area contributed by atoms with E-state index in [0.29, 0.717) is 12.1 Å². The van der Waals surface area contributed by atoms with Gasteiger partial charge in [-0.05, 0) is 0 Å². The highest BCUT2D eigenvalue weighted by Gasteiger charge is 2.26. The van der Waals surface area contributed by atoms with Crippen molar-refractivity contribution in [1.82, 2.24) is 14.5 Å². The number of hydrogen-bond donors (Lipinski definition) is 2. The Morgan fingerprint density at radius 1 is 1.69 bits per heavy atom. The fourth-order valence-corrected chi connectivity index (χ4v) is 2.74. The Hall–Kier alpha value is -1.36. The summed E-state index contributed by atoms with van der Waals surface area (Å²) in [7, 11) is -3.62. The Morgan fingerprint density at radius 3 is 2.88 bits per heavy atom. The first-order valence-electron chi connectivity index (χ1n) is 4.73. The summed E-state index contributed by atoms with van der Waals surface area (Å²) in [6, 6.07) is 0. The topological polar surface area (TPSA) is 92.1 Å². The third-order valence-corrected chi connectivity index (χ3v) is 4.05. The van der Waals surface area contributed by atoms with Crippen molar-refractivity contribution in [3.05, 3.63) is 11.8 Å². The monoisotopic (exact) mass is 242 g/mol. The van der Waals surface area contributed by atoms with E-state index in [-0.39, 0.29) is 18.1 Å². The molecule has 0 aliphatic heterocycles. The van der Waals surface area contributed by atoms with Crippen molar-refractivity contribution in [3.63, 3.8) is 0 Å². The van der Waals surface area contributed by atoms with E-state index in [4.69, 9.17) is 12.2 Å². The average Bonchev–Trinajstić information content (AvgIpc) is 2.74. The lowest BCUT2D eigenvalue weighted by Gasteiger charge is -2.17. The maximum atomic E-state index is 12.1. The molecule has 88 valence electrons. The van der Waals surface area contributed by atoms with Gasteiger partial charge in [0.2, 0.25) is 0 Å². The Morgan fingerprint density at radius 2 is 2.38 bits per heavy atom. The molecule has 0 amide bonds. The Kier molecular flexibility index (Phi) is 4.06. The molecule has 0 bridgehead atoms. The summed E-state index contributed by atoms with van der Waals surface area (Å²) in [4.78, 5) is 0. The largest absolute Gasteiger partial charge is 0.326 e. The number of nitrogens with two attached hydrogens (primary N) is 1. The zero-order valence-corrected chi connectivity index (χ0v) is 9.79. The lowest BCUT2D eigenvalue weighted by Crippen LogP contribution is -2.32. The van der Waals surface area contributed by atoms with Gasteiger partial charge in [-0.2, -0.15) is 9.40 Å². The summed E-state index contributed by atoms with van der Waals surface area (Å²) >= 11 is 0. The zero-order chi connectivity index (χ0) is 12.2. The van der Waals surface area contributed by atoms with Gasteiger partial charge in [0, 0.05) is 18.7 Å². The van der Waals surface area contributed by atoms with Gasteiger partial charge < -0.3 is 5.73 Å². The molecular formula is C9H14N4O2S. The summed E-state index contributed by atoms with van der Waals surface area (Å²) in [6.45, 7) is 2.16. The number of nitrogens with zero attached hydrogens (tertiary/aromatic N) is 2. The molecule has 1 aromatic rings. The predicted molar refractivity (Wildman–Crippen MR) is 59.7 cm³/mol. The van der Waals surface area contributed by atoms with Crippen molar-refractivity contribution in [1.29, 1.82) is 0 Å². The van der Waals surface area contributed by atoms with Crippen LogP contribution in [-0.2, 0) is 16.6 Å². The van der Waals surface area contributed by atoms with Crippen LogP contribution in [0.3, 0.4) is 0 Å². The molecule has 1 aromatic heterocycles. The predicted octanol–water partition coefficient (Wildman–Crippen LogP) is -0.488. The molecule has 0 aliphatic rings. The molecule has 1 rings (SSSR count). The Labute approximate surface area is 94.9 Å². The standard InChI is InChI=1S/C9H14N4O2S/c1-3-5-13(4-2)16(14,15)9-8(6-10)7-11-12-9/h1,7H,4-6,10H2,2H3,(H,11,12). The van der Waals surface area contributed by atoms with Crippen LogP contribution in [-0.4, -0.2) is 36.0 Å². The van der Waals surface area contributed by atoms with Crippen LogP contribution in [0.5, 0.6) is 0 Å². The Bertz CT molecular complexity index is 486. The van der Waals surface area contributed by atoms with E-state index < -0.39 is 10.0 Å². The van der Waals surface area contributed by atoms with Crippen LogP contribution in [0.4, 0.5) is 0 Å². The van der Waals surface area contributed by atoms with Crippen LogP contribution in [0.15, 0.2) is 11.2 Å². The smallest absolute Gasteiger partial charge is 0.261 e. The van der Waals surface area contributed by atoms with E-state index >= 15 is 0 Å². The SMILES string of the molecule is C#CCN(CC)S(=O)(=O)c1[nH]ncc1CN. The second kappa shape index (κ2) is 5.12. The lowest BCUT2D eigenvalue weighted by atomic mass is 10.4. The summed E-state index contributed by atoms with van der Waals surface area (Å²) in [5.41, 5.74) is 5.88. The molecular weight excluding hydrogens is 228 g/mol. The van der Waals surface area contributed by atoms with Gasteiger partial charge in [-0.25, -0.2) is 8.42 Å². The third kappa shape index (κ3) is 2.24. The Balaban J connectivity index is 3.15. The highest BCUT2D eigenvalue weighted by atomic mass is 32.2. The van der Waals surface area contributed by atoms with Crippen LogP contribution >= 0.6 is 0 Å². The molecule has 0 atom stereocenters. The number of hydrogen-bond acceptors (Lipinski definition) is 4. The number of sulfonamides is 1. The van der Waals surface area contributed by atoms with Crippen LogP contribution in [0.1, 0.15) is 12.5 Å². The van der Waals surface area contributed by atoms with Crippen LogP contribution < -0.4 is 5.73 Å². The number of aromatic amines is 1. The normalized spacial score (nSPS) is 11.6. The molecule has 6 nitrogen and oxygen atoms in total. The number of nitrogens with one attached hydrogen (secondary N) is 1. The van der Waals surface area contributed by atoms with Crippen LogP contribution in [0.25, 0.3) is 0 Å². The van der Waals surface area contributed by atoms with Gasteiger partial charge in [0.05, 0.1) is 12.7 Å². The first-order chi connectivity index (χ1) is 7.57. The third-order valence-electron chi connectivity index (χ3n) is 2.12. The van der Waals surface area contributed by atoms with E-state index in [9.17, 15) is 8.42 Å². The van der Waals surface area contributed by atoms with E-state index in [0.717, 1.165) is 0 Å². The van der Waals surface area contributed by atoms with Gasteiger partial charge in [0.15, 0.2) is 5.03 Å². The number of rotatable bonds is 5. The van der Waals surface area contributed by atoms with Gasteiger partial charge in [0.25, 0.3) is 10.0 Å². The molecule has 0 spiro atoms. The van der Waals surface area contributed by atoms with Crippen LogP contribution in [0, 0.1) is 12.3 Å². The first-order valence-corrected chi connectivity index (χ1v) is 6.17. The van der Waals surface area contributed by atoms with Crippen molar-refractivity contribution in [2.45, 2.75) is 18.5 Å². The van der Waals surface area contributed by atoms with Crippen molar-refractivity contribution in [3.8, 4) is 12.3 Å². The van der Waals surface area contributed by atoms with E-state index in [2.05, 4.69) is 16.1 Å². The molecule has 0 saturated carbocycles. The van der Waals surface area contributed by atoms with Gasteiger partial charge in [-0.1, -0.05) is 12.8 Å². The van der Waals surface area contributed by atoms with E-state index in [1.54, 1.807) is 6.92 Å². The minimum absolute atomic E-state index is 0.0205. The summed E-state index contributed by atoms with van der Waals surface area (Å²) < 4.78 is 25.4. The van der Waals surface area contributed by atoms with Crippen molar-refractivity contribution in [2.24, 2.45) is 5.73 Å².